The maximum Gasteiger partial charge on any atom is 0.116 e. The molecular weight excluding hydrogens is 351 g/mol. The Labute approximate surface area is 148 Å². The van der Waals surface area contributed by atoms with Crippen LogP contribution in [0.15, 0.2) is 40.9 Å². The van der Waals surface area contributed by atoms with Crippen LogP contribution in [-0.4, -0.2) is 41.1 Å². The van der Waals surface area contributed by atoms with Crippen molar-refractivity contribution in [3.63, 3.8) is 0 Å². The summed E-state index contributed by atoms with van der Waals surface area (Å²) in [6.45, 7) is 1.79. The van der Waals surface area contributed by atoms with Gasteiger partial charge < -0.3 is 14.9 Å². The van der Waals surface area contributed by atoms with E-state index in [0.717, 1.165) is 27.0 Å². The van der Waals surface area contributed by atoms with Gasteiger partial charge >= 0.3 is 0 Å². The summed E-state index contributed by atoms with van der Waals surface area (Å²) in [6, 6.07) is 11.6. The van der Waals surface area contributed by atoms with E-state index in [-0.39, 0.29) is 0 Å². The molecule has 0 heterocycles. The lowest BCUT2D eigenvalue weighted by molar-refractivity contribution is 0.102. The van der Waals surface area contributed by atoms with Crippen molar-refractivity contribution < 1.29 is 5.11 Å². The zero-order chi connectivity index (χ0) is 17.4. The second kappa shape index (κ2) is 6.58. The van der Waals surface area contributed by atoms with E-state index < -0.39 is 5.60 Å². The molecule has 1 N–H and O–H groups in total. The van der Waals surface area contributed by atoms with Crippen molar-refractivity contribution in [2.45, 2.75) is 12.5 Å². The highest BCUT2D eigenvalue weighted by atomic mass is 79.9. The van der Waals surface area contributed by atoms with Gasteiger partial charge in [-0.25, -0.2) is 0 Å². The van der Waals surface area contributed by atoms with E-state index >= 15 is 0 Å². The highest BCUT2D eigenvalue weighted by Gasteiger charge is 2.27. The summed E-state index contributed by atoms with van der Waals surface area (Å²) in [5.41, 5.74) is 3.11. The molecular formula is C18H22BBrN2O. The van der Waals surface area contributed by atoms with Crippen LogP contribution in [-0.2, 0) is 5.60 Å². The summed E-state index contributed by atoms with van der Waals surface area (Å²) in [4.78, 5) is 3.97. The van der Waals surface area contributed by atoms with Crippen LogP contribution in [0.1, 0.15) is 18.1 Å². The van der Waals surface area contributed by atoms with E-state index in [2.05, 4.69) is 15.9 Å². The second-order valence-corrected chi connectivity index (χ2v) is 7.16. The minimum atomic E-state index is -1.12. The van der Waals surface area contributed by atoms with Crippen LogP contribution >= 0.6 is 15.9 Å². The third kappa shape index (κ3) is 3.56. The van der Waals surface area contributed by atoms with Crippen LogP contribution in [0.5, 0.6) is 0 Å². The van der Waals surface area contributed by atoms with E-state index in [1.54, 1.807) is 6.92 Å². The van der Waals surface area contributed by atoms with Gasteiger partial charge in [-0.2, -0.15) is 0 Å². The quantitative estimate of drug-likeness (QED) is 0.835. The van der Waals surface area contributed by atoms with Gasteiger partial charge in [-0.15, -0.1) is 0 Å². The number of nitrogens with zero attached hydrogens (tertiary/aromatic N) is 2. The molecule has 0 aliphatic heterocycles. The molecule has 0 aliphatic rings. The van der Waals surface area contributed by atoms with Gasteiger partial charge in [0.1, 0.15) is 13.4 Å². The number of aliphatic hydroxyl groups is 1. The smallest absolute Gasteiger partial charge is 0.116 e. The van der Waals surface area contributed by atoms with Gasteiger partial charge in [0, 0.05) is 38.4 Å². The van der Waals surface area contributed by atoms with Crippen molar-refractivity contribution in [3.05, 3.63) is 52.0 Å². The Balaban J connectivity index is 2.46. The molecule has 0 fully saturated rings. The molecule has 2 rings (SSSR count). The van der Waals surface area contributed by atoms with Crippen molar-refractivity contribution in [3.8, 4) is 0 Å². The second-order valence-electron chi connectivity index (χ2n) is 6.30. The van der Waals surface area contributed by atoms with Crippen LogP contribution in [0.4, 0.5) is 11.4 Å². The molecule has 2 radical (unpaired) electrons. The molecule has 0 bridgehead atoms. The number of benzene rings is 2. The van der Waals surface area contributed by atoms with Crippen LogP contribution in [0.2, 0.25) is 0 Å². The average Bonchev–Trinajstić information content (AvgIpc) is 2.46. The van der Waals surface area contributed by atoms with Crippen molar-refractivity contribution in [2.75, 3.05) is 38.0 Å². The molecule has 3 nitrogen and oxygen atoms in total. The molecule has 0 aromatic heterocycles. The average molecular weight is 373 g/mol. The number of halogens is 1. The Morgan fingerprint density at radius 1 is 0.913 bits per heavy atom. The van der Waals surface area contributed by atoms with Crippen LogP contribution in [0.25, 0.3) is 0 Å². The third-order valence-electron chi connectivity index (χ3n) is 4.06. The monoisotopic (exact) mass is 372 g/mol. The molecule has 2 aromatic carbocycles. The summed E-state index contributed by atoms with van der Waals surface area (Å²) in [7, 11) is 14.0. The van der Waals surface area contributed by atoms with Crippen molar-refractivity contribution in [2.24, 2.45) is 0 Å². The maximum absolute atomic E-state index is 11.1. The predicted molar refractivity (Wildman–Crippen MR) is 103 cm³/mol. The first-order chi connectivity index (χ1) is 10.6. The maximum atomic E-state index is 11.1. The lowest BCUT2D eigenvalue weighted by Crippen LogP contribution is -2.26. The van der Waals surface area contributed by atoms with Crippen LogP contribution in [0, 0.1) is 0 Å². The number of rotatable bonds is 4. The first-order valence-electron chi connectivity index (χ1n) is 7.41. The minimum Gasteiger partial charge on any atom is -0.381 e. The molecule has 23 heavy (non-hydrogen) atoms. The largest absolute Gasteiger partial charge is 0.381 e. The fraction of sp³-hybridized carbons (Fsp3) is 0.333. The van der Waals surface area contributed by atoms with Gasteiger partial charge in [-0.1, -0.05) is 23.7 Å². The lowest BCUT2D eigenvalue weighted by atomic mass is 9.83. The van der Waals surface area contributed by atoms with Gasteiger partial charge in [0.2, 0.25) is 0 Å². The van der Waals surface area contributed by atoms with Crippen molar-refractivity contribution in [1.82, 2.24) is 0 Å². The number of anilines is 2. The van der Waals surface area contributed by atoms with Crippen molar-refractivity contribution in [1.29, 1.82) is 0 Å². The van der Waals surface area contributed by atoms with Crippen molar-refractivity contribution >= 4 is 40.6 Å². The summed E-state index contributed by atoms with van der Waals surface area (Å²) >= 11 is 3.57. The fourth-order valence-corrected chi connectivity index (χ4v) is 3.34. The molecule has 0 amide bonds. The molecule has 2 aromatic rings. The van der Waals surface area contributed by atoms with E-state index in [1.807, 2.05) is 74.4 Å². The highest BCUT2D eigenvalue weighted by molar-refractivity contribution is 9.10. The standard InChI is InChI=1S/C18H22BBrN2O/c1-18(23,12-6-8-16(21(2)3)14(19)10-12)13-7-9-17(22(4)5)15(20)11-13/h6-11,23H,1-5H3. The molecule has 0 spiro atoms. The highest BCUT2D eigenvalue weighted by Crippen LogP contribution is 2.34. The number of hydrogen-bond acceptors (Lipinski definition) is 3. The fourth-order valence-electron chi connectivity index (χ4n) is 2.60. The molecule has 0 saturated carbocycles. The van der Waals surface area contributed by atoms with Gasteiger partial charge in [0.25, 0.3) is 0 Å². The van der Waals surface area contributed by atoms with E-state index in [0.29, 0.717) is 5.46 Å². The van der Waals surface area contributed by atoms with Gasteiger partial charge in [0.15, 0.2) is 0 Å². The molecule has 1 unspecified atom stereocenters. The molecule has 0 saturated heterocycles. The zero-order valence-electron chi connectivity index (χ0n) is 14.3. The SMILES string of the molecule is [B]c1cc(C(C)(O)c2ccc(N(C)C)c(Br)c2)ccc1N(C)C. The molecule has 0 aliphatic carbocycles. The van der Waals surface area contributed by atoms with Gasteiger partial charge in [-0.05, 0) is 52.2 Å². The first kappa shape index (κ1) is 17.9. The summed E-state index contributed by atoms with van der Waals surface area (Å²) in [5.74, 6) is 0. The Hall–Kier alpha value is -1.46. The Kier molecular flexibility index (Phi) is 5.12. The first-order valence-corrected chi connectivity index (χ1v) is 8.21. The topological polar surface area (TPSA) is 26.7 Å². The Morgan fingerprint density at radius 3 is 1.83 bits per heavy atom. The van der Waals surface area contributed by atoms with Gasteiger partial charge in [0.05, 0.1) is 5.69 Å². The predicted octanol–water partition coefficient (Wildman–Crippen LogP) is 2.63. The van der Waals surface area contributed by atoms with Crippen LogP contribution < -0.4 is 15.3 Å². The zero-order valence-corrected chi connectivity index (χ0v) is 15.8. The van der Waals surface area contributed by atoms with E-state index in [4.69, 9.17) is 7.85 Å². The normalized spacial score (nSPS) is 13.5. The lowest BCUT2D eigenvalue weighted by Gasteiger charge is -2.28. The summed E-state index contributed by atoms with van der Waals surface area (Å²) in [6.07, 6.45) is 0. The van der Waals surface area contributed by atoms with Crippen LogP contribution in [0.3, 0.4) is 0 Å². The van der Waals surface area contributed by atoms with E-state index in [1.165, 1.54) is 0 Å². The van der Waals surface area contributed by atoms with E-state index in [9.17, 15) is 5.11 Å². The minimum absolute atomic E-state index is 0.650. The molecule has 1 atom stereocenters. The summed E-state index contributed by atoms with van der Waals surface area (Å²) < 4.78 is 0.943. The molecule has 120 valence electrons. The number of hydrogen-bond donors (Lipinski definition) is 1. The molecule has 5 heteroatoms. The third-order valence-corrected chi connectivity index (χ3v) is 4.70. The Morgan fingerprint density at radius 2 is 1.39 bits per heavy atom. The Bertz CT molecular complexity index is 655. The van der Waals surface area contributed by atoms with Gasteiger partial charge in [-0.3, -0.25) is 0 Å². The summed E-state index contributed by atoms with van der Waals surface area (Å²) in [5, 5.41) is 11.1.